The predicted molar refractivity (Wildman–Crippen MR) is 374 cm³/mol. The number of nitrogens with zero attached hydrogens (tertiary/aromatic N) is 4. The quantitative estimate of drug-likeness (QED) is 0.0138. The van der Waals surface area contributed by atoms with E-state index in [-0.39, 0.29) is 123 Å². The number of hydrogen-bond acceptors (Lipinski definition) is 32. The lowest BCUT2D eigenvalue weighted by Crippen LogP contribution is -2.54. The number of hydrogen-bond donors (Lipinski definition) is 12. The van der Waals surface area contributed by atoms with Crippen LogP contribution in [0.1, 0.15) is 124 Å². The maximum Gasteiger partial charge on any atom is 0.478 e. The number of ketones is 4. The average molecular weight is 1500 g/mol. The average Bonchev–Trinajstić information content (AvgIpc) is 1.54. The number of thiophene rings is 4. The van der Waals surface area contributed by atoms with E-state index < -0.39 is 101 Å². The zero-order chi connectivity index (χ0) is 74.7. The molecule has 4 saturated heterocycles. The molecular weight excluding hydrogens is 1420 g/mol. The van der Waals surface area contributed by atoms with Crippen LogP contribution in [-0.4, -0.2) is 238 Å². The molecule has 4 aliphatic rings. The molecule has 0 aliphatic carbocycles. The van der Waals surface area contributed by atoms with E-state index in [1.165, 1.54) is 73.0 Å². The minimum atomic E-state index is -1.25. The summed E-state index contributed by atoms with van der Waals surface area (Å²) in [6.07, 6.45) is 3.48. The van der Waals surface area contributed by atoms with Gasteiger partial charge in [-0.25, -0.2) is 9.59 Å². The summed E-state index contributed by atoms with van der Waals surface area (Å²) >= 11 is 5.12. The van der Waals surface area contributed by atoms with Crippen molar-refractivity contribution < 1.29 is 126 Å². The molecular formula is C60H80B4N8O26S4. The fraction of sp³-hybridized carbons (Fsp3) is 0.500. The second-order valence-corrected chi connectivity index (χ2v) is 26.8. The lowest BCUT2D eigenvalue weighted by molar-refractivity contribution is -0.143. The van der Waals surface area contributed by atoms with Gasteiger partial charge in [-0.3, -0.25) is 38.4 Å². The molecule has 4 aromatic heterocycles. The van der Waals surface area contributed by atoms with Gasteiger partial charge >= 0.3 is 40.4 Å². The Balaban J connectivity index is 0.000000245. The van der Waals surface area contributed by atoms with E-state index in [0.29, 0.717) is 70.9 Å². The molecule has 4 aromatic rings. The summed E-state index contributed by atoms with van der Waals surface area (Å²) in [7, 11) is -4.88. The number of Topliss-reactive ketones (excluding diaryl/α,β-unsaturated/α-hetero) is 4. The normalized spacial score (nSPS) is 20.8. The lowest BCUT2D eigenvalue weighted by Gasteiger charge is -2.31. The van der Waals surface area contributed by atoms with Crippen LogP contribution < -0.4 is 21.3 Å². The third-order valence-corrected chi connectivity index (χ3v) is 18.0. The van der Waals surface area contributed by atoms with E-state index in [0.717, 1.165) is 0 Å². The Bertz CT molecular complexity index is 3240. The molecule has 8 rings (SSSR count). The summed E-state index contributed by atoms with van der Waals surface area (Å²) in [5.74, 6) is -7.29. The molecule has 0 radical (unpaired) electrons. The van der Waals surface area contributed by atoms with Crippen LogP contribution in [0.25, 0.3) is 0 Å². The predicted octanol–water partition coefficient (Wildman–Crippen LogP) is 0.679. The summed E-state index contributed by atoms with van der Waals surface area (Å²) < 4.78 is 21.5. The number of carbonyl (C=O) groups is 10. The molecule has 102 heavy (non-hydrogen) atoms. The Morgan fingerprint density at radius 1 is 0.402 bits per heavy atom. The fourth-order valence-electron chi connectivity index (χ4n) is 9.93. The molecule has 4 amide bonds. The molecule has 8 atom stereocenters. The lowest BCUT2D eigenvalue weighted by atomic mass is 9.72. The molecule has 8 heterocycles. The number of amides is 4. The van der Waals surface area contributed by atoms with Crippen molar-refractivity contribution in [2.75, 3.05) is 39.6 Å². The van der Waals surface area contributed by atoms with Crippen LogP contribution in [-0.2, 0) is 85.9 Å². The van der Waals surface area contributed by atoms with Gasteiger partial charge in [-0.1, -0.05) is 44.9 Å². The van der Waals surface area contributed by atoms with Crippen molar-refractivity contribution in [2.45, 2.75) is 153 Å². The number of aliphatic carboxylic acids is 2. The van der Waals surface area contributed by atoms with E-state index >= 15 is 0 Å². The van der Waals surface area contributed by atoms with Gasteiger partial charge in [0.25, 0.3) is 23.6 Å². The maximum absolute atomic E-state index is 12.5. The Hall–Kier alpha value is -7.96. The molecule has 34 nitrogen and oxygen atoms in total. The van der Waals surface area contributed by atoms with Crippen LogP contribution in [0, 0.1) is 0 Å². The number of carbonyl (C=O) groups excluding carboxylic acids is 8. The molecule has 0 aromatic carbocycles. The van der Waals surface area contributed by atoms with Gasteiger partial charge in [0.05, 0.1) is 56.5 Å². The zero-order valence-electron chi connectivity index (χ0n) is 55.9. The van der Waals surface area contributed by atoms with E-state index in [2.05, 4.69) is 51.6 Å². The van der Waals surface area contributed by atoms with E-state index in [1.54, 1.807) is 70.1 Å². The minimum absolute atomic E-state index is 0.00664. The van der Waals surface area contributed by atoms with Crippen LogP contribution in [0.15, 0.2) is 90.7 Å². The Morgan fingerprint density at radius 3 is 0.804 bits per heavy atom. The van der Waals surface area contributed by atoms with Crippen LogP contribution in [0.3, 0.4) is 0 Å². The second kappa shape index (κ2) is 45.2. The van der Waals surface area contributed by atoms with Crippen molar-refractivity contribution in [1.29, 1.82) is 0 Å². The Morgan fingerprint density at radius 2 is 0.627 bits per heavy atom. The van der Waals surface area contributed by atoms with Crippen molar-refractivity contribution in [1.82, 2.24) is 21.3 Å². The first-order chi connectivity index (χ1) is 48.7. The number of carboxylic acid groups (broad SMARTS) is 2. The van der Waals surface area contributed by atoms with Gasteiger partial charge in [0.15, 0.2) is 22.8 Å². The number of carboxylic acids is 2. The zero-order valence-corrected chi connectivity index (χ0v) is 59.2. The molecule has 552 valence electrons. The first-order valence-electron chi connectivity index (χ1n) is 31.9. The van der Waals surface area contributed by atoms with Gasteiger partial charge in [-0.2, -0.15) is 0 Å². The second-order valence-electron chi connectivity index (χ2n) is 23.0. The van der Waals surface area contributed by atoms with Gasteiger partial charge in [-0.15, -0.1) is 45.3 Å². The summed E-state index contributed by atoms with van der Waals surface area (Å²) in [6, 6.07) is 13.7. The van der Waals surface area contributed by atoms with Crippen LogP contribution in [0.2, 0.25) is 0 Å². The first kappa shape index (κ1) is 84.7. The van der Waals surface area contributed by atoms with Gasteiger partial charge in [0, 0.05) is 50.1 Å². The summed E-state index contributed by atoms with van der Waals surface area (Å²) in [5.41, 5.74) is -0.0263. The monoisotopic (exact) mass is 1500 g/mol. The molecule has 12 N–H and O–H groups in total. The third-order valence-electron chi connectivity index (χ3n) is 14.5. The highest BCUT2D eigenvalue weighted by Crippen LogP contribution is 2.24. The number of aliphatic hydroxyl groups is 2. The van der Waals surface area contributed by atoms with E-state index in [9.17, 15) is 68.0 Å². The molecule has 42 heteroatoms. The SMILES string of the molecule is CC(=O)C[C@@H]1CC[C@H](NC(=O)/C(=N/OCC(=O)O)c2cccs2)B(O)O1.CC(=O)C[C@@H]1CC[C@H](NC(=O)/C(=N\OCC(=O)O)c2cccs2)B(O)O1.CC(=O)C[C@@H]1CC[C@H](NC(=O)/C(=N\OCCO)c2cccs2)B(O)O1.CC(=O)C[C@@H]1CC[C@H](NC(=O)/C(=N\OCCO)c2cccs2)B(O)O1. The number of nitrogens with one attached hydrogen (secondary N) is 4. The largest absolute Gasteiger partial charge is 0.479 e. The molecule has 0 unspecified atom stereocenters. The van der Waals surface area contributed by atoms with Crippen molar-refractivity contribution in [3.8, 4) is 0 Å². The molecule has 0 bridgehead atoms. The topological polar surface area (TPSA) is 504 Å². The van der Waals surface area contributed by atoms with Crippen molar-refractivity contribution >= 4 is 155 Å². The highest BCUT2D eigenvalue weighted by Gasteiger charge is 2.41. The number of oxime groups is 4. The smallest absolute Gasteiger partial charge is 0.478 e. The first-order valence-corrected chi connectivity index (χ1v) is 35.4. The molecule has 0 spiro atoms. The van der Waals surface area contributed by atoms with Crippen LogP contribution in [0.5, 0.6) is 0 Å². The maximum atomic E-state index is 12.5. The molecule has 4 fully saturated rings. The number of aliphatic hydroxyl groups excluding tert-OH is 2. The highest BCUT2D eigenvalue weighted by molar-refractivity contribution is 7.14. The van der Waals surface area contributed by atoms with Crippen molar-refractivity contribution in [3.05, 3.63) is 89.6 Å². The number of rotatable bonds is 32. The summed E-state index contributed by atoms with van der Waals surface area (Å²) in [6.45, 7) is 4.02. The van der Waals surface area contributed by atoms with Crippen molar-refractivity contribution in [2.24, 2.45) is 20.6 Å². The Kier molecular flexibility index (Phi) is 37.5. The van der Waals surface area contributed by atoms with E-state index in [1.807, 2.05) is 0 Å². The minimum Gasteiger partial charge on any atom is -0.479 e. The van der Waals surface area contributed by atoms with Crippen LogP contribution in [0.4, 0.5) is 0 Å². The Labute approximate surface area is 602 Å². The molecule has 0 saturated carbocycles. The highest BCUT2D eigenvalue weighted by atomic mass is 32.1. The van der Waals surface area contributed by atoms with Gasteiger partial charge < -0.3 is 99.8 Å². The third kappa shape index (κ3) is 30.5. The van der Waals surface area contributed by atoms with E-state index in [4.69, 9.17) is 48.7 Å². The van der Waals surface area contributed by atoms with Gasteiger partial charge in [-0.05, 0) is 125 Å². The fourth-order valence-corrected chi connectivity index (χ4v) is 12.7. The van der Waals surface area contributed by atoms with Crippen molar-refractivity contribution in [3.63, 3.8) is 0 Å². The summed E-state index contributed by atoms with van der Waals surface area (Å²) in [5, 5.41) is 108. The molecule has 4 aliphatic heterocycles. The summed E-state index contributed by atoms with van der Waals surface area (Å²) in [4.78, 5) is 137. The van der Waals surface area contributed by atoms with Gasteiger partial charge in [0.2, 0.25) is 13.2 Å². The standard InChI is InChI=1S/2C15H19BN2O7S.2C15H21BN2O6S/c2*1-9(19)7-10-4-5-12(16(23)25-10)17-15(22)14(11-3-2-6-26-11)18-24-8-13(20)21;2*1-10(20)9-11-4-5-13(16(22)24-11)17-15(21)14(18-23-7-6-19)12-3-2-8-25-12/h2*2-3,6,10,12,23H,4-5,7-8H2,1H3,(H,17,22)(H,20,21);2*2-3,8,11,13,19,22H,4-7,9H2,1H3,(H,17,21)/b18-14+;3*18-14-/t2*10-,12-;2*11-,13-/m0000/s1. The van der Waals surface area contributed by atoms with Crippen LogP contribution >= 0.6 is 45.3 Å². The van der Waals surface area contributed by atoms with Gasteiger partial charge in [0.1, 0.15) is 36.3 Å².